The van der Waals surface area contributed by atoms with Crippen molar-refractivity contribution in [3.63, 3.8) is 0 Å². The van der Waals surface area contributed by atoms with Crippen LogP contribution >= 0.6 is 23.1 Å². The van der Waals surface area contributed by atoms with E-state index in [0.717, 1.165) is 12.8 Å². The van der Waals surface area contributed by atoms with Crippen LogP contribution in [0, 0.1) is 24.7 Å². The van der Waals surface area contributed by atoms with E-state index in [9.17, 15) is 0 Å². The number of hydrogen-bond donors (Lipinski definition) is 0. The first kappa shape index (κ1) is 27.0. The van der Waals surface area contributed by atoms with Gasteiger partial charge in [-0.2, -0.15) is 0 Å². The van der Waals surface area contributed by atoms with Crippen molar-refractivity contribution in [2.45, 2.75) is 78.0 Å². The van der Waals surface area contributed by atoms with Gasteiger partial charge in [0.2, 0.25) is 5.69 Å². The summed E-state index contributed by atoms with van der Waals surface area (Å²) in [6.45, 7) is 18.7. The van der Waals surface area contributed by atoms with Gasteiger partial charge in [0.25, 0.3) is 0 Å². The second kappa shape index (κ2) is 9.06. The minimum absolute atomic E-state index is 0.187. The summed E-state index contributed by atoms with van der Waals surface area (Å²) in [6.07, 6.45) is 4.43. The molecule has 0 N–H and O–H groups in total. The minimum Gasteiger partial charge on any atom is -0.200 e. The van der Waals surface area contributed by atoms with Crippen LogP contribution in [0.1, 0.15) is 63.8 Å². The highest BCUT2D eigenvalue weighted by Gasteiger charge is 2.33. The average molecular weight is 575 g/mol. The van der Waals surface area contributed by atoms with Crippen LogP contribution in [0.2, 0.25) is 0 Å². The van der Waals surface area contributed by atoms with Crippen molar-refractivity contribution < 1.29 is 4.57 Å². The lowest BCUT2D eigenvalue weighted by Crippen LogP contribution is -2.32. The highest BCUT2D eigenvalue weighted by Crippen LogP contribution is 2.55. The van der Waals surface area contributed by atoms with Gasteiger partial charge in [0, 0.05) is 41.4 Å². The Morgan fingerprint density at radius 1 is 0.732 bits per heavy atom. The summed E-state index contributed by atoms with van der Waals surface area (Å²) in [7, 11) is 2.23. The number of aryl methyl sites for hydroxylation is 3. The maximum Gasteiger partial charge on any atom is 0.222 e. The largest absolute Gasteiger partial charge is 0.222 e. The third-order valence-corrected chi connectivity index (χ3v) is 11.0. The summed E-state index contributed by atoms with van der Waals surface area (Å²) >= 11 is 3.97. The van der Waals surface area contributed by atoms with Crippen LogP contribution in [0.15, 0.2) is 64.5 Å². The Labute approximate surface area is 252 Å². The van der Waals surface area contributed by atoms with Crippen molar-refractivity contribution in [3.05, 3.63) is 77.0 Å². The van der Waals surface area contributed by atoms with Gasteiger partial charge in [-0.3, -0.25) is 0 Å². The molecule has 1 aliphatic rings. The van der Waals surface area contributed by atoms with Crippen molar-refractivity contribution in [3.8, 4) is 11.3 Å². The van der Waals surface area contributed by atoms with Crippen LogP contribution in [0.4, 0.5) is 0 Å². The number of nitrogens with zero attached hydrogens (tertiary/aromatic N) is 1. The second-order valence-corrected chi connectivity index (χ2v) is 16.8. The molecule has 2 aromatic heterocycles. The first-order valence-electron chi connectivity index (χ1n) is 14.8. The number of benzene rings is 4. The topological polar surface area (TPSA) is 3.88 Å². The Morgan fingerprint density at radius 2 is 1.49 bits per heavy atom. The van der Waals surface area contributed by atoms with Crippen molar-refractivity contribution in [2.24, 2.45) is 17.9 Å². The van der Waals surface area contributed by atoms with Crippen molar-refractivity contribution in [1.82, 2.24) is 0 Å². The van der Waals surface area contributed by atoms with Gasteiger partial charge in [-0.1, -0.05) is 83.1 Å². The fourth-order valence-corrected chi connectivity index (χ4v) is 9.48. The molecule has 0 aliphatic carbocycles. The summed E-state index contributed by atoms with van der Waals surface area (Å²) in [5.74, 6) is 0. The third kappa shape index (κ3) is 4.39. The summed E-state index contributed by atoms with van der Waals surface area (Å²) in [6, 6.07) is 19.1. The van der Waals surface area contributed by atoms with Crippen LogP contribution < -0.4 is 4.57 Å². The molecule has 1 aliphatic heterocycles. The van der Waals surface area contributed by atoms with Crippen LogP contribution in [-0.2, 0) is 19.9 Å². The first-order valence-corrected chi connectivity index (χ1v) is 16.5. The molecule has 1 nitrogen and oxygen atoms in total. The lowest BCUT2D eigenvalue weighted by atomic mass is 9.82. The molecule has 3 heteroatoms. The Balaban J connectivity index is 1.59. The fourth-order valence-electron chi connectivity index (χ4n) is 6.92. The van der Waals surface area contributed by atoms with Crippen molar-refractivity contribution >= 4 is 64.8 Å². The highest BCUT2D eigenvalue weighted by atomic mass is 32.2. The molecule has 0 fully saturated rings. The molecule has 0 saturated heterocycles. The smallest absolute Gasteiger partial charge is 0.200 e. The predicted octanol–water partition coefficient (Wildman–Crippen LogP) is 11.1. The standard InChI is InChI=1S/C38H40NS2/c1-21-10-12-24-26(16-21)22(2)32-34-33-25(14-15-39(34)9)35-28(18-31(33)41-36(32)29(24)20-38(6,7)8)27-17-23(19-37(3,4)5)11-13-30(27)40-35/h10-18H,19-20H2,1-9H3/q+1. The fraction of sp³-hybridized carbons (Fsp3) is 0.342. The molecule has 0 radical (unpaired) electrons. The van der Waals surface area contributed by atoms with Gasteiger partial charge < -0.3 is 0 Å². The van der Waals surface area contributed by atoms with Crippen molar-refractivity contribution in [2.75, 3.05) is 0 Å². The summed E-state index contributed by atoms with van der Waals surface area (Å²) in [5, 5.41) is 8.44. The van der Waals surface area contributed by atoms with Gasteiger partial charge in [0.1, 0.15) is 7.05 Å². The molecule has 0 unspecified atom stereocenters. The molecule has 208 valence electrons. The van der Waals surface area contributed by atoms with E-state index in [1.807, 2.05) is 23.1 Å². The van der Waals surface area contributed by atoms with Crippen LogP contribution in [0.25, 0.3) is 53.0 Å². The third-order valence-electron chi connectivity index (χ3n) is 8.55. The maximum absolute atomic E-state index is 2.52. The number of rotatable bonds is 2. The minimum atomic E-state index is 0.187. The zero-order valence-corrected chi connectivity index (χ0v) is 27.5. The first-order chi connectivity index (χ1) is 19.3. The average Bonchev–Trinajstić information content (AvgIpc) is 3.24. The summed E-state index contributed by atoms with van der Waals surface area (Å²) < 4.78 is 5.18. The normalized spacial score (nSPS) is 13.6. The SMILES string of the molecule is Cc1ccc2c(CC(C)(C)C)c3c(c(C)c2c1)-c1c2c(cc4c5cc(CC(C)(C)C)ccc5sc4c2cc[n+]1C)S3. The molecule has 7 rings (SSSR count). The Morgan fingerprint density at radius 3 is 2.22 bits per heavy atom. The zero-order chi connectivity index (χ0) is 29.0. The van der Waals surface area contributed by atoms with Gasteiger partial charge in [-0.05, 0) is 83.2 Å². The van der Waals surface area contributed by atoms with Gasteiger partial charge in [-0.25, -0.2) is 4.57 Å². The number of aromatic nitrogens is 1. The summed E-state index contributed by atoms with van der Waals surface area (Å²) in [4.78, 5) is 2.85. The van der Waals surface area contributed by atoms with Gasteiger partial charge in [0.15, 0.2) is 6.20 Å². The van der Waals surface area contributed by atoms with E-state index >= 15 is 0 Å². The van der Waals surface area contributed by atoms with Crippen LogP contribution in [0.5, 0.6) is 0 Å². The summed E-state index contributed by atoms with van der Waals surface area (Å²) in [5.41, 5.74) is 8.92. The lowest BCUT2D eigenvalue weighted by Gasteiger charge is -2.28. The molecular weight excluding hydrogens is 535 g/mol. The van der Waals surface area contributed by atoms with Crippen LogP contribution in [-0.4, -0.2) is 0 Å². The second-order valence-electron chi connectivity index (χ2n) is 14.7. The zero-order valence-electron chi connectivity index (χ0n) is 25.9. The molecule has 41 heavy (non-hydrogen) atoms. The number of fused-ring (bicyclic) bond motifs is 7. The number of pyridine rings is 1. The van der Waals surface area contributed by atoms with Gasteiger partial charge in [-0.15, -0.1) is 11.3 Å². The highest BCUT2D eigenvalue weighted by molar-refractivity contribution is 8.00. The lowest BCUT2D eigenvalue weighted by molar-refractivity contribution is -0.659. The van der Waals surface area contributed by atoms with Crippen molar-refractivity contribution in [1.29, 1.82) is 0 Å². The molecule has 6 aromatic rings. The maximum atomic E-state index is 2.52. The quantitative estimate of drug-likeness (QED) is 0.186. The van der Waals surface area contributed by atoms with Crippen LogP contribution in [0.3, 0.4) is 0 Å². The van der Waals surface area contributed by atoms with Gasteiger partial charge >= 0.3 is 0 Å². The van der Waals surface area contributed by atoms with E-state index in [4.69, 9.17) is 0 Å². The predicted molar refractivity (Wildman–Crippen MR) is 181 cm³/mol. The van der Waals surface area contributed by atoms with E-state index in [0.29, 0.717) is 0 Å². The molecule has 0 atom stereocenters. The Bertz CT molecular complexity index is 2060. The Hall–Kier alpha value is -2.88. The Kier molecular flexibility index (Phi) is 5.96. The molecule has 0 saturated carbocycles. The van der Waals surface area contributed by atoms with E-state index in [-0.39, 0.29) is 10.8 Å². The van der Waals surface area contributed by atoms with Gasteiger partial charge in [0.05, 0.1) is 10.9 Å². The molecule has 0 spiro atoms. The van der Waals surface area contributed by atoms with E-state index in [1.165, 1.54) is 85.0 Å². The monoisotopic (exact) mass is 574 g/mol. The molecule has 0 bridgehead atoms. The molecule has 0 amide bonds. The molecule has 3 heterocycles. The van der Waals surface area contributed by atoms with E-state index < -0.39 is 0 Å². The number of hydrogen-bond acceptors (Lipinski definition) is 2. The van der Waals surface area contributed by atoms with E-state index in [2.05, 4.69) is 122 Å². The number of thiophene rings is 1. The molecule has 4 aromatic carbocycles. The molecular formula is C38H40NS2+. The van der Waals surface area contributed by atoms with E-state index in [1.54, 1.807) is 0 Å².